The molecule has 3 nitrogen and oxygen atoms in total. The summed E-state index contributed by atoms with van der Waals surface area (Å²) in [5.41, 5.74) is 2.26. The molecule has 2 atom stereocenters. The molecular weight excluding hydrogens is 226 g/mol. The van der Waals surface area contributed by atoms with Gasteiger partial charge in [0.15, 0.2) is 0 Å². The van der Waals surface area contributed by atoms with Crippen LogP contribution in [0.2, 0.25) is 0 Å². The molecule has 2 rings (SSSR count). The quantitative estimate of drug-likeness (QED) is 0.585. The molecule has 16 heavy (non-hydrogen) atoms. The van der Waals surface area contributed by atoms with Gasteiger partial charge in [-0.25, -0.2) is 0 Å². The van der Waals surface area contributed by atoms with Crippen molar-refractivity contribution in [2.24, 2.45) is 5.16 Å². The smallest absolute Gasteiger partial charge is 0.250 e. The number of halogens is 1. The van der Waals surface area contributed by atoms with E-state index in [1.54, 1.807) is 0 Å². The van der Waals surface area contributed by atoms with Gasteiger partial charge < -0.3 is 9.57 Å². The highest BCUT2D eigenvalue weighted by Crippen LogP contribution is 2.25. The van der Waals surface area contributed by atoms with E-state index < -0.39 is 6.29 Å². The third-order valence-corrected chi connectivity index (χ3v) is 2.89. The fraction of sp³-hybridized carbons (Fsp3) is 0.250. The Labute approximate surface area is 99.3 Å². The van der Waals surface area contributed by atoms with Crippen LogP contribution in [-0.4, -0.2) is 24.5 Å². The molecule has 0 fully saturated rings. The normalized spacial score (nSPS) is 24.9. The number of alkyl halides is 1. The molecule has 1 aliphatic rings. The van der Waals surface area contributed by atoms with Crippen molar-refractivity contribution < 1.29 is 9.57 Å². The minimum Gasteiger partial charge on any atom is -0.358 e. The molecule has 0 N–H and O–H groups in total. The molecule has 1 aliphatic heterocycles. The molecule has 0 aromatic heterocycles. The Balaban J connectivity index is 2.31. The zero-order valence-corrected chi connectivity index (χ0v) is 9.65. The van der Waals surface area contributed by atoms with E-state index in [0.717, 1.165) is 5.56 Å². The summed E-state index contributed by atoms with van der Waals surface area (Å²) in [6, 6.07) is 9.64. The van der Waals surface area contributed by atoms with Crippen LogP contribution in [0.15, 0.2) is 47.6 Å². The van der Waals surface area contributed by atoms with Crippen molar-refractivity contribution in [2.75, 3.05) is 7.11 Å². The van der Waals surface area contributed by atoms with Crippen LogP contribution in [0.5, 0.6) is 0 Å². The van der Waals surface area contributed by atoms with Gasteiger partial charge in [0.2, 0.25) is 6.29 Å². The van der Waals surface area contributed by atoms with Gasteiger partial charge in [-0.3, -0.25) is 0 Å². The maximum Gasteiger partial charge on any atom is 0.250 e. The highest BCUT2D eigenvalue weighted by molar-refractivity contribution is 6.37. The maximum absolute atomic E-state index is 6.25. The molecule has 0 saturated heterocycles. The number of rotatable bonds is 2. The lowest BCUT2D eigenvalue weighted by atomic mass is 10.0. The van der Waals surface area contributed by atoms with E-state index in [0.29, 0.717) is 11.3 Å². The van der Waals surface area contributed by atoms with E-state index in [9.17, 15) is 0 Å². The number of ether oxygens (including phenoxy) is 1. The number of hydrogen-bond acceptors (Lipinski definition) is 3. The van der Waals surface area contributed by atoms with E-state index >= 15 is 0 Å². The fourth-order valence-corrected chi connectivity index (χ4v) is 1.78. The SMILES string of the molecule is C=C1C(OC)ON=C(c2ccccc2)C1Cl. The average molecular weight is 238 g/mol. The Bertz CT molecular complexity index is 416. The first kappa shape index (κ1) is 11.2. The minimum absolute atomic E-state index is 0.388. The summed E-state index contributed by atoms with van der Waals surface area (Å²) in [7, 11) is 1.53. The van der Waals surface area contributed by atoms with Crippen LogP contribution >= 0.6 is 11.6 Å². The Morgan fingerprint density at radius 1 is 1.38 bits per heavy atom. The van der Waals surface area contributed by atoms with Crippen LogP contribution in [-0.2, 0) is 9.57 Å². The van der Waals surface area contributed by atoms with Crippen LogP contribution < -0.4 is 0 Å². The number of methoxy groups -OCH3 is 1. The Hall–Kier alpha value is -1.32. The van der Waals surface area contributed by atoms with Crippen molar-refractivity contribution in [3.63, 3.8) is 0 Å². The lowest BCUT2D eigenvalue weighted by Gasteiger charge is -2.26. The van der Waals surface area contributed by atoms with Crippen LogP contribution in [0.3, 0.4) is 0 Å². The van der Waals surface area contributed by atoms with Crippen molar-refractivity contribution in [3.05, 3.63) is 48.0 Å². The lowest BCUT2D eigenvalue weighted by molar-refractivity contribution is -0.102. The predicted molar refractivity (Wildman–Crippen MR) is 63.6 cm³/mol. The first-order chi connectivity index (χ1) is 7.74. The summed E-state index contributed by atoms with van der Waals surface area (Å²) < 4.78 is 5.04. The van der Waals surface area contributed by atoms with Crippen molar-refractivity contribution >= 4 is 17.3 Å². The second-order valence-corrected chi connectivity index (χ2v) is 3.89. The molecule has 0 spiro atoms. The zero-order valence-electron chi connectivity index (χ0n) is 8.89. The topological polar surface area (TPSA) is 30.8 Å². The highest BCUT2D eigenvalue weighted by Gasteiger charge is 2.30. The van der Waals surface area contributed by atoms with Gasteiger partial charge in [0.05, 0.1) is 0 Å². The van der Waals surface area contributed by atoms with E-state index in [1.807, 2.05) is 30.3 Å². The molecule has 0 aliphatic carbocycles. The largest absolute Gasteiger partial charge is 0.358 e. The molecule has 0 amide bonds. The number of hydrogen-bond donors (Lipinski definition) is 0. The number of nitrogens with zero attached hydrogens (tertiary/aromatic N) is 1. The monoisotopic (exact) mass is 237 g/mol. The standard InChI is InChI=1S/C12H12ClNO2/c1-8-10(13)11(14-16-12(8)15-2)9-6-4-3-5-7-9/h3-7,10,12H,1H2,2H3. The van der Waals surface area contributed by atoms with Crippen LogP contribution in [0.1, 0.15) is 5.56 Å². The first-order valence-electron chi connectivity index (χ1n) is 4.88. The third-order valence-electron chi connectivity index (χ3n) is 2.40. The molecule has 0 bridgehead atoms. The van der Waals surface area contributed by atoms with Crippen molar-refractivity contribution in [1.82, 2.24) is 0 Å². The summed E-state index contributed by atoms with van der Waals surface area (Å²) in [5.74, 6) is 0. The predicted octanol–water partition coefficient (Wildman–Crippen LogP) is 2.56. The third kappa shape index (κ3) is 1.96. The summed E-state index contributed by atoms with van der Waals surface area (Å²) >= 11 is 6.25. The summed E-state index contributed by atoms with van der Waals surface area (Å²) in [5, 5.41) is 3.59. The summed E-state index contributed by atoms with van der Waals surface area (Å²) in [4.78, 5) is 5.16. The molecule has 1 aromatic carbocycles. The molecule has 1 aromatic rings. The second kappa shape index (κ2) is 4.68. The number of benzene rings is 1. The maximum atomic E-state index is 6.25. The van der Waals surface area contributed by atoms with E-state index in [-0.39, 0.29) is 5.38 Å². The Morgan fingerprint density at radius 2 is 2.06 bits per heavy atom. The fourth-order valence-electron chi connectivity index (χ4n) is 1.52. The van der Waals surface area contributed by atoms with E-state index in [2.05, 4.69) is 11.7 Å². The lowest BCUT2D eigenvalue weighted by Crippen LogP contribution is -2.32. The van der Waals surface area contributed by atoms with Crippen molar-refractivity contribution in [1.29, 1.82) is 0 Å². The van der Waals surface area contributed by atoms with Gasteiger partial charge in [-0.1, -0.05) is 42.1 Å². The molecule has 1 heterocycles. The molecule has 0 saturated carbocycles. The van der Waals surface area contributed by atoms with Gasteiger partial charge in [-0.15, -0.1) is 11.6 Å². The highest BCUT2D eigenvalue weighted by atomic mass is 35.5. The van der Waals surface area contributed by atoms with Gasteiger partial charge in [-0.05, 0) is 0 Å². The molecule has 84 valence electrons. The summed E-state index contributed by atoms with van der Waals surface area (Å²) in [6.45, 7) is 3.86. The van der Waals surface area contributed by atoms with Gasteiger partial charge in [-0.2, -0.15) is 0 Å². The van der Waals surface area contributed by atoms with Crippen molar-refractivity contribution in [2.45, 2.75) is 11.7 Å². The van der Waals surface area contributed by atoms with Crippen LogP contribution in [0, 0.1) is 0 Å². The Morgan fingerprint density at radius 3 is 2.69 bits per heavy atom. The van der Waals surface area contributed by atoms with Crippen molar-refractivity contribution in [3.8, 4) is 0 Å². The Kier molecular flexibility index (Phi) is 3.27. The number of oxime groups is 1. The zero-order chi connectivity index (χ0) is 11.5. The van der Waals surface area contributed by atoms with E-state index in [4.69, 9.17) is 21.2 Å². The molecule has 4 heteroatoms. The molecule has 2 unspecified atom stereocenters. The summed E-state index contributed by atoms with van der Waals surface area (Å²) in [6.07, 6.45) is -0.560. The van der Waals surface area contributed by atoms with E-state index in [1.165, 1.54) is 7.11 Å². The first-order valence-corrected chi connectivity index (χ1v) is 5.32. The second-order valence-electron chi connectivity index (χ2n) is 3.45. The van der Waals surface area contributed by atoms with Gasteiger partial charge >= 0.3 is 0 Å². The van der Waals surface area contributed by atoms with Gasteiger partial charge in [0, 0.05) is 18.2 Å². The van der Waals surface area contributed by atoms with Gasteiger partial charge in [0.25, 0.3) is 0 Å². The molecule has 0 radical (unpaired) electrons. The van der Waals surface area contributed by atoms with Gasteiger partial charge in [0.1, 0.15) is 11.1 Å². The molecular formula is C12H12ClNO2. The average Bonchev–Trinajstić information content (AvgIpc) is 2.34. The van der Waals surface area contributed by atoms with Crippen LogP contribution in [0.4, 0.5) is 0 Å². The van der Waals surface area contributed by atoms with Crippen LogP contribution in [0.25, 0.3) is 0 Å². The minimum atomic E-state index is -0.560.